The summed E-state index contributed by atoms with van der Waals surface area (Å²) in [6.45, 7) is 4.48. The van der Waals surface area contributed by atoms with Gasteiger partial charge in [-0.25, -0.2) is 21.6 Å². The molecule has 2 rings (SSSR count). The van der Waals surface area contributed by atoms with Crippen LogP contribution in [-0.4, -0.2) is 46.7 Å². The van der Waals surface area contributed by atoms with Crippen LogP contribution in [0.5, 0.6) is 0 Å². The van der Waals surface area contributed by atoms with Crippen LogP contribution in [0.2, 0.25) is 5.02 Å². The molecule has 170 valence electrons. The highest BCUT2D eigenvalue weighted by Crippen LogP contribution is 2.16. The molecule has 2 aromatic carbocycles. The number of rotatable bonds is 11. The summed E-state index contributed by atoms with van der Waals surface area (Å²) < 4.78 is 53.0. The Bertz CT molecular complexity index is 1080. The van der Waals surface area contributed by atoms with E-state index in [1.165, 1.54) is 40.7 Å². The average molecular weight is 488 g/mol. The number of carbonyl (C=O) groups excluding carboxylic acids is 1. The second-order valence-corrected chi connectivity index (χ2v) is 10.8. The number of hydrogen-bond acceptors (Lipinski definition) is 5. The van der Waals surface area contributed by atoms with Crippen LogP contribution in [0, 0.1) is 0 Å². The zero-order valence-electron chi connectivity index (χ0n) is 17.3. The molecule has 2 N–H and O–H groups in total. The topological polar surface area (TPSA) is 113 Å². The van der Waals surface area contributed by atoms with Crippen LogP contribution in [0.3, 0.4) is 0 Å². The summed E-state index contributed by atoms with van der Waals surface area (Å²) in [4.78, 5) is 12.3. The van der Waals surface area contributed by atoms with Crippen LogP contribution in [-0.2, 0) is 31.4 Å². The summed E-state index contributed by atoms with van der Waals surface area (Å²) >= 11 is 5.75. The summed E-state index contributed by atoms with van der Waals surface area (Å²) in [5.41, 5.74) is 0.730. The molecule has 0 saturated heterocycles. The zero-order chi connectivity index (χ0) is 23.1. The van der Waals surface area contributed by atoms with Crippen LogP contribution in [0.4, 0.5) is 0 Å². The molecule has 0 spiro atoms. The van der Waals surface area contributed by atoms with Gasteiger partial charge in [0.2, 0.25) is 26.0 Å². The summed E-state index contributed by atoms with van der Waals surface area (Å²) in [6, 6.07) is 12.0. The molecule has 0 radical (unpaired) electrons. The number of nitrogens with zero attached hydrogens (tertiary/aromatic N) is 1. The van der Waals surface area contributed by atoms with Gasteiger partial charge in [0, 0.05) is 37.6 Å². The van der Waals surface area contributed by atoms with Crippen molar-refractivity contribution in [3.05, 3.63) is 59.1 Å². The first-order chi connectivity index (χ1) is 14.6. The van der Waals surface area contributed by atoms with Crippen LogP contribution >= 0.6 is 11.6 Å². The Balaban J connectivity index is 1.84. The number of nitrogens with one attached hydrogen (secondary N) is 2. The Labute approximate surface area is 188 Å². The van der Waals surface area contributed by atoms with Crippen molar-refractivity contribution in [1.82, 2.24) is 14.3 Å². The van der Waals surface area contributed by atoms with Crippen molar-refractivity contribution in [2.24, 2.45) is 0 Å². The zero-order valence-corrected chi connectivity index (χ0v) is 19.7. The molecule has 11 heteroatoms. The highest BCUT2D eigenvalue weighted by molar-refractivity contribution is 7.89. The van der Waals surface area contributed by atoms with Crippen LogP contribution in [0.1, 0.15) is 25.8 Å². The summed E-state index contributed by atoms with van der Waals surface area (Å²) in [5, 5.41) is 3.11. The Kier molecular flexibility index (Phi) is 9.01. The van der Waals surface area contributed by atoms with Crippen LogP contribution in [0.25, 0.3) is 0 Å². The number of carbonyl (C=O) groups is 1. The maximum absolute atomic E-state index is 12.5. The van der Waals surface area contributed by atoms with Crippen molar-refractivity contribution in [2.45, 2.75) is 36.6 Å². The molecule has 31 heavy (non-hydrogen) atoms. The lowest BCUT2D eigenvalue weighted by Gasteiger charge is -2.18. The molecule has 0 bridgehead atoms. The van der Waals surface area contributed by atoms with Crippen molar-refractivity contribution in [3.8, 4) is 0 Å². The molecule has 0 aliphatic rings. The van der Waals surface area contributed by atoms with Gasteiger partial charge in [-0.3, -0.25) is 4.79 Å². The molecule has 0 saturated carbocycles. The van der Waals surface area contributed by atoms with Crippen molar-refractivity contribution in [1.29, 1.82) is 0 Å². The lowest BCUT2D eigenvalue weighted by molar-refractivity contribution is -0.121. The number of benzene rings is 2. The van der Waals surface area contributed by atoms with E-state index in [9.17, 15) is 21.6 Å². The summed E-state index contributed by atoms with van der Waals surface area (Å²) in [6.07, 6.45) is -0.0404. The fourth-order valence-electron chi connectivity index (χ4n) is 2.78. The quantitative estimate of drug-likeness (QED) is 0.505. The van der Waals surface area contributed by atoms with E-state index >= 15 is 0 Å². The van der Waals surface area contributed by atoms with Gasteiger partial charge < -0.3 is 5.32 Å². The van der Waals surface area contributed by atoms with Crippen molar-refractivity contribution >= 4 is 37.6 Å². The van der Waals surface area contributed by atoms with Gasteiger partial charge in [0.1, 0.15) is 0 Å². The van der Waals surface area contributed by atoms with E-state index in [0.717, 1.165) is 5.56 Å². The van der Waals surface area contributed by atoms with Gasteiger partial charge in [0.15, 0.2) is 0 Å². The molecule has 0 heterocycles. The number of sulfonamides is 2. The molecular formula is C20H26ClN3O5S2. The van der Waals surface area contributed by atoms with Crippen molar-refractivity contribution in [2.75, 3.05) is 19.6 Å². The largest absolute Gasteiger partial charge is 0.352 e. The van der Waals surface area contributed by atoms with E-state index in [0.29, 0.717) is 18.1 Å². The molecular weight excluding hydrogens is 462 g/mol. The number of halogens is 1. The Morgan fingerprint density at radius 3 is 2.00 bits per heavy atom. The molecule has 8 nitrogen and oxygen atoms in total. The lowest BCUT2D eigenvalue weighted by atomic mass is 10.2. The van der Waals surface area contributed by atoms with Gasteiger partial charge in [-0.2, -0.15) is 4.31 Å². The molecule has 1 amide bonds. The fraction of sp³-hybridized carbons (Fsp3) is 0.350. The smallest absolute Gasteiger partial charge is 0.243 e. The Hall–Kier alpha value is -1.98. The monoisotopic (exact) mass is 487 g/mol. The standard InChI is InChI=1S/C20H26ClN3O5S2/c1-3-24(4-2)31(28,29)19-9-5-16(6-10-19)15-22-20(25)13-14-23-30(26,27)18-11-7-17(21)8-12-18/h5-12,23H,3-4,13-15H2,1-2H3,(H,22,25). The molecule has 0 fully saturated rings. The van der Waals surface area contributed by atoms with Gasteiger partial charge in [-0.15, -0.1) is 0 Å². The first-order valence-electron chi connectivity index (χ1n) is 9.71. The molecule has 0 unspecified atom stereocenters. The van der Waals surface area contributed by atoms with E-state index in [2.05, 4.69) is 10.0 Å². The molecule has 0 atom stereocenters. The third-order valence-electron chi connectivity index (χ3n) is 4.52. The lowest BCUT2D eigenvalue weighted by Crippen LogP contribution is -2.31. The fourth-order valence-corrected chi connectivity index (χ4v) is 5.39. The van der Waals surface area contributed by atoms with Crippen LogP contribution in [0.15, 0.2) is 58.3 Å². The van der Waals surface area contributed by atoms with Gasteiger partial charge in [0.05, 0.1) is 9.79 Å². The van der Waals surface area contributed by atoms with Crippen LogP contribution < -0.4 is 10.0 Å². The van der Waals surface area contributed by atoms with Gasteiger partial charge in [0.25, 0.3) is 0 Å². The predicted octanol–water partition coefficient (Wildman–Crippen LogP) is 2.36. The SMILES string of the molecule is CCN(CC)S(=O)(=O)c1ccc(CNC(=O)CCNS(=O)(=O)c2ccc(Cl)cc2)cc1. The van der Waals surface area contributed by atoms with Crippen molar-refractivity contribution in [3.63, 3.8) is 0 Å². The van der Waals surface area contributed by atoms with Gasteiger partial charge in [-0.05, 0) is 42.0 Å². The van der Waals surface area contributed by atoms with Gasteiger partial charge in [-0.1, -0.05) is 37.6 Å². The predicted molar refractivity (Wildman–Crippen MR) is 120 cm³/mol. The van der Waals surface area contributed by atoms with E-state index in [1.807, 2.05) is 0 Å². The summed E-state index contributed by atoms with van der Waals surface area (Å²) in [7, 11) is -7.25. The maximum Gasteiger partial charge on any atom is 0.243 e. The number of amides is 1. The van der Waals surface area contributed by atoms with E-state index in [-0.39, 0.29) is 35.2 Å². The molecule has 0 aliphatic heterocycles. The first kappa shape index (κ1) is 25.3. The minimum absolute atomic E-state index is 0.0404. The average Bonchev–Trinajstić information content (AvgIpc) is 2.73. The maximum atomic E-state index is 12.5. The Morgan fingerprint density at radius 1 is 0.903 bits per heavy atom. The van der Waals surface area contributed by atoms with Crippen molar-refractivity contribution < 1.29 is 21.6 Å². The molecule has 0 aliphatic carbocycles. The molecule has 0 aromatic heterocycles. The van der Waals surface area contributed by atoms with E-state index < -0.39 is 20.0 Å². The molecule has 2 aromatic rings. The summed E-state index contributed by atoms with van der Waals surface area (Å²) in [5.74, 6) is -0.335. The third-order valence-corrected chi connectivity index (χ3v) is 8.32. The highest BCUT2D eigenvalue weighted by Gasteiger charge is 2.21. The second-order valence-electron chi connectivity index (χ2n) is 6.61. The third kappa shape index (κ3) is 7.01. The second kappa shape index (κ2) is 11.1. The Morgan fingerprint density at radius 2 is 1.45 bits per heavy atom. The first-order valence-corrected chi connectivity index (χ1v) is 13.0. The van der Waals surface area contributed by atoms with Gasteiger partial charge >= 0.3 is 0 Å². The van der Waals surface area contributed by atoms with E-state index in [4.69, 9.17) is 11.6 Å². The minimum Gasteiger partial charge on any atom is -0.352 e. The minimum atomic E-state index is -3.72. The highest BCUT2D eigenvalue weighted by atomic mass is 35.5. The normalized spacial score (nSPS) is 12.1. The number of hydrogen-bond donors (Lipinski definition) is 2. The van der Waals surface area contributed by atoms with E-state index in [1.54, 1.807) is 26.0 Å².